The van der Waals surface area contributed by atoms with Gasteiger partial charge in [0.25, 0.3) is 0 Å². The molecule has 0 radical (unpaired) electrons. The van der Waals surface area contributed by atoms with Crippen molar-refractivity contribution in [3.8, 4) is 5.69 Å². The first kappa shape index (κ1) is 18.8. The molecule has 0 spiro atoms. The monoisotopic (exact) mass is 413 g/mol. The average molecular weight is 414 g/mol. The van der Waals surface area contributed by atoms with Gasteiger partial charge >= 0.3 is 0 Å². The van der Waals surface area contributed by atoms with Gasteiger partial charge in [-0.15, -0.1) is 10.2 Å². The minimum absolute atomic E-state index is 0.114. The van der Waals surface area contributed by atoms with Gasteiger partial charge in [0.15, 0.2) is 5.16 Å². The van der Waals surface area contributed by atoms with E-state index in [0.29, 0.717) is 15.9 Å². The van der Waals surface area contributed by atoms with Crippen LogP contribution in [-0.4, -0.2) is 50.5 Å². The zero-order valence-corrected chi connectivity index (χ0v) is 16.7. The van der Waals surface area contributed by atoms with Crippen molar-refractivity contribution in [2.75, 3.05) is 24.2 Å². The van der Waals surface area contributed by atoms with Crippen LogP contribution in [0.1, 0.15) is 6.42 Å². The summed E-state index contributed by atoms with van der Waals surface area (Å²) in [6.07, 6.45) is 2.58. The van der Waals surface area contributed by atoms with Crippen molar-refractivity contribution in [2.45, 2.75) is 17.6 Å². The zero-order chi connectivity index (χ0) is 19.3. The molecule has 0 bridgehead atoms. The number of nitrogens with zero attached hydrogens (tertiary/aromatic N) is 4. The third-order valence-corrected chi connectivity index (χ3v) is 5.78. The molecule has 6 nitrogen and oxygen atoms in total. The second kappa shape index (κ2) is 8.67. The standard InChI is InChI=1S/C20H20ClN5OS/c21-15-5-4-8-18(11-15)26-14-22-24-20(26)28-13-19(27)25-10-9-17(12-25)23-16-6-2-1-3-7-16/h1-8,11,14,17,23H,9-10,12-13H2. The van der Waals surface area contributed by atoms with Gasteiger partial charge in [-0.1, -0.05) is 47.6 Å². The third-order valence-electron chi connectivity index (χ3n) is 4.61. The first-order chi connectivity index (χ1) is 13.7. The summed E-state index contributed by atoms with van der Waals surface area (Å²) in [7, 11) is 0. The molecule has 1 unspecified atom stereocenters. The number of nitrogens with one attached hydrogen (secondary N) is 1. The van der Waals surface area contributed by atoms with Crippen LogP contribution in [0.3, 0.4) is 0 Å². The lowest BCUT2D eigenvalue weighted by molar-refractivity contribution is -0.127. The lowest BCUT2D eigenvalue weighted by Crippen LogP contribution is -2.32. The molecule has 1 N–H and O–H groups in total. The highest BCUT2D eigenvalue weighted by atomic mass is 35.5. The Hall–Kier alpha value is -2.51. The van der Waals surface area contributed by atoms with Crippen molar-refractivity contribution in [3.63, 3.8) is 0 Å². The highest BCUT2D eigenvalue weighted by Crippen LogP contribution is 2.23. The number of hydrogen-bond acceptors (Lipinski definition) is 5. The first-order valence-electron chi connectivity index (χ1n) is 9.07. The van der Waals surface area contributed by atoms with Crippen molar-refractivity contribution in [1.29, 1.82) is 0 Å². The molecule has 1 aliphatic heterocycles. The van der Waals surface area contributed by atoms with Crippen molar-refractivity contribution in [1.82, 2.24) is 19.7 Å². The number of anilines is 1. The molecular weight excluding hydrogens is 394 g/mol. The highest BCUT2D eigenvalue weighted by Gasteiger charge is 2.26. The molecule has 144 valence electrons. The molecule has 1 saturated heterocycles. The number of hydrogen-bond donors (Lipinski definition) is 1. The Morgan fingerprint density at radius 3 is 2.89 bits per heavy atom. The number of para-hydroxylation sites is 1. The molecule has 3 aromatic rings. The summed E-state index contributed by atoms with van der Waals surface area (Å²) in [5, 5.41) is 12.9. The van der Waals surface area contributed by atoms with E-state index in [1.165, 1.54) is 11.8 Å². The van der Waals surface area contributed by atoms with Crippen molar-refractivity contribution in [3.05, 3.63) is 65.9 Å². The number of benzene rings is 2. The fourth-order valence-electron chi connectivity index (χ4n) is 3.22. The Bertz CT molecular complexity index is 949. The maximum atomic E-state index is 12.6. The maximum absolute atomic E-state index is 12.6. The van der Waals surface area contributed by atoms with Gasteiger partial charge in [-0.05, 0) is 36.8 Å². The van der Waals surface area contributed by atoms with E-state index in [2.05, 4.69) is 15.5 Å². The van der Waals surface area contributed by atoms with E-state index in [-0.39, 0.29) is 11.9 Å². The van der Waals surface area contributed by atoms with Crippen LogP contribution in [0.5, 0.6) is 0 Å². The maximum Gasteiger partial charge on any atom is 0.233 e. The molecule has 0 saturated carbocycles. The van der Waals surface area contributed by atoms with Gasteiger partial charge in [-0.2, -0.15) is 0 Å². The average Bonchev–Trinajstić information content (AvgIpc) is 3.36. The molecule has 2 aromatic carbocycles. The molecule has 1 atom stereocenters. The van der Waals surface area contributed by atoms with Gasteiger partial charge < -0.3 is 10.2 Å². The Morgan fingerprint density at radius 2 is 2.07 bits per heavy atom. The minimum Gasteiger partial charge on any atom is -0.380 e. The second-order valence-electron chi connectivity index (χ2n) is 6.59. The largest absolute Gasteiger partial charge is 0.380 e. The summed E-state index contributed by atoms with van der Waals surface area (Å²) in [6.45, 7) is 1.49. The van der Waals surface area contributed by atoms with E-state index in [4.69, 9.17) is 11.6 Å². The number of carbonyl (C=O) groups is 1. The number of thioether (sulfide) groups is 1. The number of amides is 1. The fraction of sp³-hybridized carbons (Fsp3) is 0.250. The Balaban J connectivity index is 1.33. The van der Waals surface area contributed by atoms with Gasteiger partial charge in [0.1, 0.15) is 6.33 Å². The van der Waals surface area contributed by atoms with E-state index in [1.807, 2.05) is 64.1 Å². The van der Waals surface area contributed by atoms with E-state index in [9.17, 15) is 4.79 Å². The summed E-state index contributed by atoms with van der Waals surface area (Å²) < 4.78 is 1.84. The Labute approximate surface area is 172 Å². The van der Waals surface area contributed by atoms with E-state index in [0.717, 1.165) is 30.9 Å². The fourth-order valence-corrected chi connectivity index (χ4v) is 4.23. The van der Waals surface area contributed by atoms with Crippen LogP contribution in [0.2, 0.25) is 5.02 Å². The van der Waals surface area contributed by atoms with Gasteiger partial charge in [0, 0.05) is 29.8 Å². The summed E-state index contributed by atoms with van der Waals surface area (Å²) in [5.41, 5.74) is 1.96. The predicted molar refractivity (Wildman–Crippen MR) is 112 cm³/mol. The lowest BCUT2D eigenvalue weighted by atomic mass is 10.2. The van der Waals surface area contributed by atoms with Crippen molar-refractivity contribution < 1.29 is 4.79 Å². The van der Waals surface area contributed by atoms with Gasteiger partial charge in [0.2, 0.25) is 5.91 Å². The smallest absolute Gasteiger partial charge is 0.233 e. The van der Waals surface area contributed by atoms with Crippen LogP contribution in [0, 0.1) is 0 Å². The summed E-state index contributed by atoms with van der Waals surface area (Å²) in [6, 6.07) is 17.9. The van der Waals surface area contributed by atoms with E-state index in [1.54, 1.807) is 6.33 Å². The van der Waals surface area contributed by atoms with Crippen LogP contribution in [0.25, 0.3) is 5.69 Å². The van der Waals surface area contributed by atoms with Crippen molar-refractivity contribution >= 4 is 35.0 Å². The quantitative estimate of drug-likeness (QED) is 0.624. The number of carbonyl (C=O) groups excluding carboxylic acids is 1. The van der Waals surface area contributed by atoms with Gasteiger partial charge in [-0.3, -0.25) is 9.36 Å². The summed E-state index contributed by atoms with van der Waals surface area (Å²) in [4.78, 5) is 14.5. The molecule has 4 rings (SSSR count). The van der Waals surface area contributed by atoms with Crippen LogP contribution >= 0.6 is 23.4 Å². The topological polar surface area (TPSA) is 63.1 Å². The normalized spacial score (nSPS) is 16.3. The molecule has 28 heavy (non-hydrogen) atoms. The molecule has 1 aromatic heterocycles. The predicted octanol–water partition coefficient (Wildman–Crippen LogP) is 3.73. The number of halogens is 1. The molecule has 2 heterocycles. The lowest BCUT2D eigenvalue weighted by Gasteiger charge is -2.17. The van der Waals surface area contributed by atoms with Crippen LogP contribution in [0.15, 0.2) is 66.1 Å². The first-order valence-corrected chi connectivity index (χ1v) is 10.4. The molecular formula is C20H20ClN5OS. The van der Waals surface area contributed by atoms with E-state index >= 15 is 0 Å². The SMILES string of the molecule is O=C(CSc1nncn1-c1cccc(Cl)c1)N1CCC(Nc2ccccc2)C1. The number of likely N-dealkylation sites (tertiary alicyclic amines) is 1. The zero-order valence-electron chi connectivity index (χ0n) is 15.2. The highest BCUT2D eigenvalue weighted by molar-refractivity contribution is 7.99. The molecule has 8 heteroatoms. The molecule has 1 fully saturated rings. The number of aromatic nitrogens is 3. The Morgan fingerprint density at radius 1 is 1.21 bits per heavy atom. The molecule has 1 aliphatic rings. The summed E-state index contributed by atoms with van der Waals surface area (Å²) >= 11 is 7.46. The van der Waals surface area contributed by atoms with Crippen molar-refractivity contribution in [2.24, 2.45) is 0 Å². The Kier molecular flexibility index (Phi) is 5.83. The van der Waals surface area contributed by atoms with Gasteiger partial charge in [-0.25, -0.2) is 0 Å². The minimum atomic E-state index is 0.114. The van der Waals surface area contributed by atoms with E-state index < -0.39 is 0 Å². The summed E-state index contributed by atoms with van der Waals surface area (Å²) in [5.74, 6) is 0.445. The van der Waals surface area contributed by atoms with Crippen LogP contribution < -0.4 is 5.32 Å². The third kappa shape index (κ3) is 4.48. The second-order valence-corrected chi connectivity index (χ2v) is 7.97. The molecule has 0 aliphatic carbocycles. The van der Waals surface area contributed by atoms with Gasteiger partial charge in [0.05, 0.1) is 11.4 Å². The van der Waals surface area contributed by atoms with Crippen LogP contribution in [0.4, 0.5) is 5.69 Å². The number of rotatable bonds is 6. The molecule has 1 amide bonds. The van der Waals surface area contributed by atoms with Crippen LogP contribution in [-0.2, 0) is 4.79 Å².